The van der Waals surface area contributed by atoms with Crippen molar-refractivity contribution >= 4 is 0 Å². The van der Waals surface area contributed by atoms with E-state index in [2.05, 4.69) is 0 Å². The minimum Gasteiger partial charge on any atom is -0.504 e. The fourth-order valence-electron chi connectivity index (χ4n) is 0.620. The third kappa shape index (κ3) is 10.5. The summed E-state index contributed by atoms with van der Waals surface area (Å²) in [5.74, 6) is 0. The van der Waals surface area contributed by atoms with Crippen LogP contribution >= 0.6 is 0 Å². The van der Waals surface area contributed by atoms with Crippen LogP contribution < -0.4 is 0 Å². The molecule has 0 spiro atoms. The van der Waals surface area contributed by atoms with E-state index in [0.717, 1.165) is 0 Å². The molecule has 0 aromatic carbocycles. The smallest absolute Gasteiger partial charge is 0.0824 e. The molecule has 0 aliphatic rings. The summed E-state index contributed by atoms with van der Waals surface area (Å²) in [6, 6.07) is 0. The second-order valence-electron chi connectivity index (χ2n) is 2.24. The lowest BCUT2D eigenvalue weighted by atomic mass is 10.4. The predicted molar refractivity (Wildman–Crippen MR) is 58.4 cm³/mol. The molecule has 0 N–H and O–H groups in total. The molecule has 0 saturated carbocycles. The molecule has 0 aromatic rings. The number of hydrogen-bond donors (Lipinski definition) is 0. The Morgan fingerprint density at radius 3 is 1.62 bits per heavy atom. The van der Waals surface area contributed by atoms with E-state index in [0.29, 0.717) is 0 Å². The first kappa shape index (κ1) is 11.5. The summed E-state index contributed by atoms with van der Waals surface area (Å²) in [6.07, 6.45) is 19.2. The van der Waals surface area contributed by atoms with Crippen LogP contribution in [0.3, 0.4) is 0 Å². The molecule has 13 heavy (non-hydrogen) atoms. The Labute approximate surface area is 80.4 Å². The first-order valence-corrected chi connectivity index (χ1v) is 4.22. The maximum Gasteiger partial charge on any atom is 0.0824 e. The molecular formula is C12H16O. The highest BCUT2D eigenvalue weighted by Gasteiger charge is 1.62. The molecule has 1 heteroatoms. The van der Waals surface area contributed by atoms with Crippen molar-refractivity contribution in [2.24, 2.45) is 0 Å². The molecule has 0 bridgehead atoms. The van der Waals surface area contributed by atoms with Crippen LogP contribution in [0.15, 0.2) is 60.9 Å². The minimum atomic E-state index is 1.62. The summed E-state index contributed by atoms with van der Waals surface area (Å²) in [7, 11) is 1.62. The van der Waals surface area contributed by atoms with E-state index in [9.17, 15) is 0 Å². The Morgan fingerprint density at radius 2 is 1.15 bits per heavy atom. The van der Waals surface area contributed by atoms with E-state index in [-0.39, 0.29) is 0 Å². The average molecular weight is 176 g/mol. The molecule has 0 saturated heterocycles. The van der Waals surface area contributed by atoms with Crippen LogP contribution in [-0.4, -0.2) is 7.11 Å². The first-order valence-electron chi connectivity index (χ1n) is 4.22. The van der Waals surface area contributed by atoms with Crippen LogP contribution in [0.5, 0.6) is 0 Å². The van der Waals surface area contributed by atoms with Gasteiger partial charge >= 0.3 is 0 Å². The van der Waals surface area contributed by atoms with Crippen molar-refractivity contribution in [2.75, 3.05) is 7.11 Å². The van der Waals surface area contributed by atoms with Crippen molar-refractivity contribution in [2.45, 2.75) is 6.92 Å². The molecule has 0 rings (SSSR count). The van der Waals surface area contributed by atoms with Gasteiger partial charge in [0.2, 0.25) is 0 Å². The van der Waals surface area contributed by atoms with E-state index >= 15 is 0 Å². The largest absolute Gasteiger partial charge is 0.504 e. The molecule has 0 fully saturated rings. The second kappa shape index (κ2) is 10.5. The Balaban J connectivity index is 3.62. The second-order valence-corrected chi connectivity index (χ2v) is 2.24. The normalized spacial score (nSPS) is 13.4. The molecule has 0 atom stereocenters. The van der Waals surface area contributed by atoms with Gasteiger partial charge in [-0.15, -0.1) is 0 Å². The Kier molecular flexibility index (Phi) is 9.29. The molecule has 0 aliphatic heterocycles. The zero-order valence-electron chi connectivity index (χ0n) is 8.18. The molecule has 70 valence electrons. The molecule has 0 aliphatic carbocycles. The molecule has 0 unspecified atom stereocenters. The number of rotatable bonds is 5. The van der Waals surface area contributed by atoms with Crippen LogP contribution in [0, 0.1) is 0 Å². The first-order chi connectivity index (χ1) is 6.41. The van der Waals surface area contributed by atoms with Crippen molar-refractivity contribution in [3.05, 3.63) is 60.9 Å². The SMILES string of the molecule is C/C=C/C=C/C=C/C=C/C=C/OC. The Morgan fingerprint density at radius 1 is 0.692 bits per heavy atom. The number of ether oxygens (including phenoxy) is 1. The van der Waals surface area contributed by atoms with Crippen LogP contribution in [0.2, 0.25) is 0 Å². The number of methoxy groups -OCH3 is 1. The quantitative estimate of drug-likeness (QED) is 0.461. The maximum atomic E-state index is 4.72. The third-order valence-corrected chi connectivity index (χ3v) is 1.18. The highest BCUT2D eigenvalue weighted by atomic mass is 16.5. The molecule has 0 heterocycles. The van der Waals surface area contributed by atoms with Gasteiger partial charge in [-0.05, 0) is 13.0 Å². The summed E-state index contributed by atoms with van der Waals surface area (Å²) < 4.78 is 4.72. The van der Waals surface area contributed by atoms with Crippen LogP contribution in [0.4, 0.5) is 0 Å². The lowest BCUT2D eigenvalue weighted by molar-refractivity contribution is 0.338. The van der Waals surface area contributed by atoms with Crippen molar-refractivity contribution in [3.63, 3.8) is 0 Å². The van der Waals surface area contributed by atoms with E-state index in [4.69, 9.17) is 4.74 Å². The predicted octanol–water partition coefficient (Wildman–Crippen LogP) is 3.39. The monoisotopic (exact) mass is 176 g/mol. The summed E-state index contributed by atoms with van der Waals surface area (Å²) in [4.78, 5) is 0. The molecule has 0 amide bonds. The Bertz CT molecular complexity index is 230. The third-order valence-electron chi connectivity index (χ3n) is 1.18. The lowest BCUT2D eigenvalue weighted by Gasteiger charge is -1.79. The van der Waals surface area contributed by atoms with Crippen LogP contribution in [0.25, 0.3) is 0 Å². The van der Waals surface area contributed by atoms with Gasteiger partial charge in [-0.3, -0.25) is 0 Å². The number of allylic oxidation sites excluding steroid dienone is 9. The van der Waals surface area contributed by atoms with Gasteiger partial charge < -0.3 is 4.74 Å². The van der Waals surface area contributed by atoms with Gasteiger partial charge in [0.1, 0.15) is 0 Å². The Hall–Kier alpha value is -1.50. The highest BCUT2D eigenvalue weighted by Crippen LogP contribution is 1.83. The average Bonchev–Trinajstić information content (AvgIpc) is 2.16. The van der Waals surface area contributed by atoms with Gasteiger partial charge in [0, 0.05) is 0 Å². The van der Waals surface area contributed by atoms with E-state index < -0.39 is 0 Å². The maximum absolute atomic E-state index is 4.72. The van der Waals surface area contributed by atoms with Gasteiger partial charge in [-0.1, -0.05) is 48.6 Å². The van der Waals surface area contributed by atoms with Gasteiger partial charge in [0.15, 0.2) is 0 Å². The minimum absolute atomic E-state index is 1.62. The molecule has 0 aromatic heterocycles. The molecule has 1 nitrogen and oxygen atoms in total. The van der Waals surface area contributed by atoms with Crippen molar-refractivity contribution in [1.82, 2.24) is 0 Å². The van der Waals surface area contributed by atoms with E-state index in [1.807, 2.05) is 61.6 Å². The fourth-order valence-corrected chi connectivity index (χ4v) is 0.620. The zero-order chi connectivity index (χ0) is 9.78. The van der Waals surface area contributed by atoms with E-state index in [1.165, 1.54) is 0 Å². The summed E-state index contributed by atoms with van der Waals surface area (Å²) in [5.41, 5.74) is 0. The zero-order valence-corrected chi connectivity index (χ0v) is 8.18. The summed E-state index contributed by atoms with van der Waals surface area (Å²) in [5, 5.41) is 0. The van der Waals surface area contributed by atoms with E-state index in [1.54, 1.807) is 13.4 Å². The standard InChI is InChI=1S/C12H16O/c1-3-4-5-6-7-8-9-10-11-12-13-2/h3-12H,1-2H3/b4-3+,6-5+,8-7+,10-9+,12-11+. The summed E-state index contributed by atoms with van der Waals surface area (Å²) >= 11 is 0. The van der Waals surface area contributed by atoms with Crippen molar-refractivity contribution in [3.8, 4) is 0 Å². The number of hydrogen-bond acceptors (Lipinski definition) is 1. The van der Waals surface area contributed by atoms with Gasteiger partial charge in [0.25, 0.3) is 0 Å². The van der Waals surface area contributed by atoms with Crippen LogP contribution in [-0.2, 0) is 4.74 Å². The molecular weight excluding hydrogens is 160 g/mol. The summed E-state index contributed by atoms with van der Waals surface area (Å²) in [6.45, 7) is 1.99. The van der Waals surface area contributed by atoms with Gasteiger partial charge in [-0.25, -0.2) is 0 Å². The fraction of sp³-hybridized carbons (Fsp3) is 0.167. The van der Waals surface area contributed by atoms with Crippen molar-refractivity contribution in [1.29, 1.82) is 0 Å². The topological polar surface area (TPSA) is 9.23 Å². The van der Waals surface area contributed by atoms with Gasteiger partial charge in [-0.2, -0.15) is 0 Å². The lowest BCUT2D eigenvalue weighted by Crippen LogP contribution is -1.60. The van der Waals surface area contributed by atoms with Crippen molar-refractivity contribution < 1.29 is 4.74 Å². The molecule has 0 radical (unpaired) electrons. The highest BCUT2D eigenvalue weighted by molar-refractivity contribution is 5.17. The van der Waals surface area contributed by atoms with Crippen LogP contribution in [0.1, 0.15) is 6.92 Å². The van der Waals surface area contributed by atoms with Gasteiger partial charge in [0.05, 0.1) is 13.4 Å².